The SMILES string of the molecule is CC(C)Cc1c(-c2ccc(F)cc2[N+](=O)[O-])nn(C)c1N. The molecule has 0 atom stereocenters. The lowest BCUT2D eigenvalue weighted by Gasteiger charge is -2.07. The summed E-state index contributed by atoms with van der Waals surface area (Å²) in [5, 5.41) is 15.4. The zero-order valence-corrected chi connectivity index (χ0v) is 12.1. The van der Waals surface area contributed by atoms with Gasteiger partial charge in [0.05, 0.1) is 16.6 Å². The maximum absolute atomic E-state index is 13.3. The maximum atomic E-state index is 13.3. The van der Waals surface area contributed by atoms with Crippen LogP contribution in [0.3, 0.4) is 0 Å². The number of benzene rings is 1. The quantitative estimate of drug-likeness (QED) is 0.693. The van der Waals surface area contributed by atoms with Crippen LogP contribution in [0.5, 0.6) is 0 Å². The van der Waals surface area contributed by atoms with Crippen LogP contribution in [0.15, 0.2) is 18.2 Å². The number of nitro groups is 1. The summed E-state index contributed by atoms with van der Waals surface area (Å²) >= 11 is 0. The van der Waals surface area contributed by atoms with E-state index in [9.17, 15) is 14.5 Å². The Morgan fingerprint density at radius 3 is 2.71 bits per heavy atom. The summed E-state index contributed by atoms with van der Waals surface area (Å²) in [5.74, 6) is 0.131. The van der Waals surface area contributed by atoms with Gasteiger partial charge < -0.3 is 5.73 Å². The number of nitrogens with two attached hydrogens (primary N) is 1. The molecule has 1 aromatic heterocycles. The third-order valence-corrected chi connectivity index (χ3v) is 3.22. The van der Waals surface area contributed by atoms with E-state index in [1.165, 1.54) is 16.8 Å². The molecular formula is C14H17FN4O2. The number of rotatable bonds is 4. The predicted molar refractivity (Wildman–Crippen MR) is 78.2 cm³/mol. The van der Waals surface area contributed by atoms with Crippen molar-refractivity contribution in [2.45, 2.75) is 20.3 Å². The topological polar surface area (TPSA) is 87.0 Å². The number of nitrogen functional groups attached to an aromatic ring is 1. The minimum atomic E-state index is -0.653. The van der Waals surface area contributed by atoms with Gasteiger partial charge >= 0.3 is 0 Å². The van der Waals surface area contributed by atoms with Gasteiger partial charge in [0.2, 0.25) is 0 Å². The monoisotopic (exact) mass is 292 g/mol. The molecule has 0 aliphatic heterocycles. The van der Waals surface area contributed by atoms with Gasteiger partial charge in [0.15, 0.2) is 0 Å². The average Bonchev–Trinajstić information content (AvgIpc) is 2.66. The first-order chi connectivity index (χ1) is 9.81. The van der Waals surface area contributed by atoms with Gasteiger partial charge in [0.1, 0.15) is 17.3 Å². The first-order valence-corrected chi connectivity index (χ1v) is 6.57. The number of aryl methyl sites for hydroxylation is 1. The lowest BCUT2D eigenvalue weighted by molar-refractivity contribution is -0.384. The fraction of sp³-hybridized carbons (Fsp3) is 0.357. The Bertz CT molecular complexity index is 695. The molecule has 0 radical (unpaired) electrons. The highest BCUT2D eigenvalue weighted by molar-refractivity contribution is 5.76. The number of hydrogen-bond donors (Lipinski definition) is 1. The molecule has 2 rings (SSSR count). The molecular weight excluding hydrogens is 275 g/mol. The van der Waals surface area contributed by atoms with E-state index in [2.05, 4.69) is 5.10 Å². The zero-order chi connectivity index (χ0) is 15.7. The molecule has 0 saturated heterocycles. The van der Waals surface area contributed by atoms with Crippen LogP contribution in [0.4, 0.5) is 15.9 Å². The van der Waals surface area contributed by atoms with Crippen molar-refractivity contribution in [3.05, 3.63) is 39.7 Å². The molecule has 0 spiro atoms. The van der Waals surface area contributed by atoms with E-state index in [4.69, 9.17) is 5.73 Å². The van der Waals surface area contributed by atoms with Crippen LogP contribution in [-0.4, -0.2) is 14.7 Å². The fourth-order valence-corrected chi connectivity index (χ4v) is 2.26. The molecule has 0 bridgehead atoms. The van der Waals surface area contributed by atoms with E-state index in [0.29, 0.717) is 23.9 Å². The van der Waals surface area contributed by atoms with Crippen molar-refractivity contribution in [2.75, 3.05) is 5.73 Å². The van der Waals surface area contributed by atoms with E-state index >= 15 is 0 Å². The van der Waals surface area contributed by atoms with Crippen molar-refractivity contribution in [2.24, 2.45) is 13.0 Å². The summed E-state index contributed by atoms with van der Waals surface area (Å²) in [6.07, 6.45) is 0.642. The number of nitrogens with zero attached hydrogens (tertiary/aromatic N) is 3. The average molecular weight is 292 g/mol. The van der Waals surface area contributed by atoms with Gasteiger partial charge in [-0.15, -0.1) is 0 Å². The van der Waals surface area contributed by atoms with Crippen LogP contribution in [0.1, 0.15) is 19.4 Å². The summed E-state index contributed by atoms with van der Waals surface area (Å²) in [7, 11) is 1.68. The van der Waals surface area contributed by atoms with Crippen molar-refractivity contribution in [1.29, 1.82) is 0 Å². The van der Waals surface area contributed by atoms with Crippen molar-refractivity contribution >= 4 is 11.5 Å². The van der Waals surface area contributed by atoms with Gasteiger partial charge in [0, 0.05) is 12.6 Å². The van der Waals surface area contributed by atoms with Crippen molar-refractivity contribution in [3.63, 3.8) is 0 Å². The summed E-state index contributed by atoms with van der Waals surface area (Å²) in [6, 6.07) is 3.46. The molecule has 1 aromatic carbocycles. The highest BCUT2D eigenvalue weighted by Crippen LogP contribution is 2.35. The lowest BCUT2D eigenvalue weighted by atomic mass is 9.98. The number of aromatic nitrogens is 2. The van der Waals surface area contributed by atoms with Gasteiger partial charge in [-0.3, -0.25) is 14.8 Å². The molecule has 2 aromatic rings. The van der Waals surface area contributed by atoms with Crippen LogP contribution in [-0.2, 0) is 13.5 Å². The van der Waals surface area contributed by atoms with Crippen LogP contribution in [0.25, 0.3) is 11.3 Å². The highest BCUT2D eigenvalue weighted by Gasteiger charge is 2.24. The molecule has 0 amide bonds. The number of anilines is 1. The van der Waals surface area contributed by atoms with E-state index in [-0.39, 0.29) is 11.3 Å². The summed E-state index contributed by atoms with van der Waals surface area (Å²) in [4.78, 5) is 10.5. The first-order valence-electron chi connectivity index (χ1n) is 6.57. The predicted octanol–water partition coefficient (Wildman–Crippen LogP) is 2.92. The third-order valence-electron chi connectivity index (χ3n) is 3.22. The minimum Gasteiger partial charge on any atom is -0.384 e. The standard InChI is InChI=1S/C14H17FN4O2/c1-8(2)6-11-13(17-18(3)14(11)16)10-5-4-9(15)7-12(10)19(20)21/h4-5,7-8H,6,16H2,1-3H3. The van der Waals surface area contributed by atoms with Gasteiger partial charge in [-0.05, 0) is 24.5 Å². The molecule has 21 heavy (non-hydrogen) atoms. The minimum absolute atomic E-state index is 0.282. The van der Waals surface area contributed by atoms with Crippen LogP contribution in [0, 0.1) is 21.8 Å². The Balaban J connectivity index is 2.67. The van der Waals surface area contributed by atoms with Crippen LogP contribution in [0.2, 0.25) is 0 Å². The molecule has 1 heterocycles. The number of hydrogen-bond acceptors (Lipinski definition) is 4. The second kappa shape index (κ2) is 5.51. The Kier molecular flexibility index (Phi) is 3.93. The van der Waals surface area contributed by atoms with Gasteiger partial charge in [-0.2, -0.15) is 5.10 Å². The fourth-order valence-electron chi connectivity index (χ4n) is 2.26. The second-order valence-electron chi connectivity index (χ2n) is 5.35. The summed E-state index contributed by atoms with van der Waals surface area (Å²) in [5.41, 5.74) is 7.17. The third kappa shape index (κ3) is 2.86. The van der Waals surface area contributed by atoms with E-state index < -0.39 is 10.7 Å². The maximum Gasteiger partial charge on any atom is 0.281 e. The van der Waals surface area contributed by atoms with Crippen LogP contribution >= 0.6 is 0 Å². The number of halogens is 1. The smallest absolute Gasteiger partial charge is 0.281 e. The molecule has 6 nitrogen and oxygen atoms in total. The van der Waals surface area contributed by atoms with E-state index in [1.54, 1.807) is 7.05 Å². The van der Waals surface area contributed by atoms with E-state index in [0.717, 1.165) is 11.6 Å². The largest absolute Gasteiger partial charge is 0.384 e. The molecule has 7 heteroatoms. The molecule has 0 aliphatic carbocycles. The van der Waals surface area contributed by atoms with Crippen LogP contribution < -0.4 is 5.73 Å². The molecule has 0 saturated carbocycles. The molecule has 112 valence electrons. The van der Waals surface area contributed by atoms with Crippen molar-refractivity contribution in [1.82, 2.24) is 9.78 Å². The van der Waals surface area contributed by atoms with Gasteiger partial charge in [-0.25, -0.2) is 4.39 Å². The Labute approximate surface area is 121 Å². The van der Waals surface area contributed by atoms with Crippen molar-refractivity contribution < 1.29 is 9.31 Å². The Hall–Kier alpha value is -2.44. The summed E-state index contributed by atoms with van der Waals surface area (Å²) in [6.45, 7) is 4.05. The lowest BCUT2D eigenvalue weighted by Crippen LogP contribution is -2.02. The molecule has 0 fully saturated rings. The van der Waals surface area contributed by atoms with E-state index in [1.807, 2.05) is 13.8 Å². The van der Waals surface area contributed by atoms with Crippen molar-refractivity contribution in [3.8, 4) is 11.3 Å². The van der Waals surface area contributed by atoms with Gasteiger partial charge in [-0.1, -0.05) is 13.8 Å². The zero-order valence-electron chi connectivity index (χ0n) is 12.1. The molecule has 0 unspecified atom stereocenters. The second-order valence-corrected chi connectivity index (χ2v) is 5.35. The highest BCUT2D eigenvalue weighted by atomic mass is 19.1. The molecule has 0 aliphatic rings. The normalized spacial score (nSPS) is 11.1. The van der Waals surface area contributed by atoms with Gasteiger partial charge in [0.25, 0.3) is 5.69 Å². The summed E-state index contributed by atoms with van der Waals surface area (Å²) < 4.78 is 14.7. The number of nitro benzene ring substituents is 1. The molecule has 2 N–H and O–H groups in total. The Morgan fingerprint density at radius 1 is 1.48 bits per heavy atom. The first kappa shape index (κ1) is 15.0. The Morgan fingerprint density at radius 2 is 2.14 bits per heavy atom.